The maximum Gasteiger partial charge on any atom is 0.242 e. The van der Waals surface area contributed by atoms with Crippen LogP contribution in [0.25, 0.3) is 0 Å². The number of carbonyl (C=O) groups is 2. The minimum absolute atomic E-state index is 0.0264. The Kier molecular flexibility index (Phi) is 3.68. The Morgan fingerprint density at radius 2 is 2.13 bits per heavy atom. The Hall–Kier alpha value is -1.10. The lowest BCUT2D eigenvalue weighted by Gasteiger charge is -2.30. The highest BCUT2D eigenvalue weighted by atomic mass is 16.5. The third kappa shape index (κ3) is 3.51. The molecule has 0 bridgehead atoms. The Morgan fingerprint density at radius 1 is 1.47 bits per heavy atom. The van der Waals surface area contributed by atoms with Gasteiger partial charge in [-0.05, 0) is 20.3 Å². The first kappa shape index (κ1) is 12.0. The predicted molar refractivity (Wildman–Crippen MR) is 55.3 cm³/mol. The van der Waals surface area contributed by atoms with E-state index in [1.807, 2.05) is 13.8 Å². The van der Waals surface area contributed by atoms with Crippen molar-refractivity contribution in [3.63, 3.8) is 0 Å². The lowest BCUT2D eigenvalue weighted by molar-refractivity contribution is -0.141. The van der Waals surface area contributed by atoms with Gasteiger partial charge in [-0.2, -0.15) is 0 Å². The quantitative estimate of drug-likeness (QED) is 0.702. The second-order valence-electron chi connectivity index (χ2n) is 4.31. The van der Waals surface area contributed by atoms with Gasteiger partial charge >= 0.3 is 0 Å². The van der Waals surface area contributed by atoms with Gasteiger partial charge in [0.15, 0.2) is 0 Å². The van der Waals surface area contributed by atoms with Crippen LogP contribution in [0.4, 0.5) is 0 Å². The maximum absolute atomic E-state index is 11.4. The second-order valence-corrected chi connectivity index (χ2v) is 4.31. The fraction of sp³-hybridized carbons (Fsp3) is 0.800. The van der Waals surface area contributed by atoms with Crippen LogP contribution >= 0.6 is 0 Å². The normalized spacial score (nSPS) is 17.9. The second kappa shape index (κ2) is 4.61. The monoisotopic (exact) mass is 214 g/mol. The predicted octanol–water partition coefficient (Wildman–Crippen LogP) is -0.240. The summed E-state index contributed by atoms with van der Waals surface area (Å²) in [6.07, 6.45) is 0.725. The first-order valence-corrected chi connectivity index (χ1v) is 5.04. The van der Waals surface area contributed by atoms with E-state index in [1.54, 1.807) is 12.0 Å². The van der Waals surface area contributed by atoms with Crippen LogP contribution in [0.15, 0.2) is 0 Å². The molecule has 86 valence electrons. The average Bonchev–Trinajstić information content (AvgIpc) is 2.20. The van der Waals surface area contributed by atoms with E-state index in [0.717, 1.165) is 6.42 Å². The molecule has 0 unspecified atom stereocenters. The Morgan fingerprint density at radius 3 is 2.73 bits per heavy atom. The van der Waals surface area contributed by atoms with E-state index in [4.69, 9.17) is 4.74 Å². The minimum atomic E-state index is -0.256. The summed E-state index contributed by atoms with van der Waals surface area (Å²) in [7, 11) is 1.64. The first-order valence-electron chi connectivity index (χ1n) is 5.04. The summed E-state index contributed by atoms with van der Waals surface area (Å²) in [4.78, 5) is 24.1. The van der Waals surface area contributed by atoms with Crippen molar-refractivity contribution in [2.45, 2.75) is 25.9 Å². The summed E-state index contributed by atoms with van der Waals surface area (Å²) in [6, 6.07) is 0. The maximum atomic E-state index is 11.4. The highest BCUT2D eigenvalue weighted by Crippen LogP contribution is 2.13. The number of carbonyl (C=O) groups excluding carboxylic acids is 2. The van der Waals surface area contributed by atoms with Crippen molar-refractivity contribution in [1.82, 2.24) is 10.2 Å². The van der Waals surface area contributed by atoms with Gasteiger partial charge < -0.3 is 15.0 Å². The lowest BCUT2D eigenvalue weighted by Crippen LogP contribution is -2.52. The van der Waals surface area contributed by atoms with Crippen LogP contribution in [-0.2, 0) is 14.3 Å². The largest absolute Gasteiger partial charge is 0.379 e. The lowest BCUT2D eigenvalue weighted by atomic mass is 10.0. The first-order chi connectivity index (χ1) is 6.94. The highest BCUT2D eigenvalue weighted by molar-refractivity contribution is 5.92. The van der Waals surface area contributed by atoms with Crippen molar-refractivity contribution in [3.05, 3.63) is 0 Å². The molecule has 1 aliphatic heterocycles. The molecule has 0 saturated carbocycles. The molecule has 1 saturated heterocycles. The summed E-state index contributed by atoms with van der Waals surface area (Å²) in [5, 5.41) is 2.51. The summed E-state index contributed by atoms with van der Waals surface area (Å²) in [6.45, 7) is 4.76. The topological polar surface area (TPSA) is 58.6 Å². The van der Waals surface area contributed by atoms with Gasteiger partial charge in [-0.15, -0.1) is 0 Å². The fourth-order valence-corrected chi connectivity index (χ4v) is 1.31. The molecule has 5 heteroatoms. The number of methoxy groups -OCH3 is 1. The smallest absolute Gasteiger partial charge is 0.242 e. The zero-order valence-corrected chi connectivity index (χ0v) is 9.50. The molecule has 2 amide bonds. The number of piperazine rings is 1. The van der Waals surface area contributed by atoms with Crippen LogP contribution in [-0.4, -0.2) is 49.1 Å². The zero-order chi connectivity index (χ0) is 11.5. The zero-order valence-electron chi connectivity index (χ0n) is 9.50. The number of rotatable bonds is 4. The molecule has 0 aromatic heterocycles. The summed E-state index contributed by atoms with van der Waals surface area (Å²) in [5.41, 5.74) is -0.256. The van der Waals surface area contributed by atoms with E-state index >= 15 is 0 Å². The van der Waals surface area contributed by atoms with Crippen LogP contribution in [0.3, 0.4) is 0 Å². The van der Waals surface area contributed by atoms with Gasteiger partial charge in [-0.3, -0.25) is 9.59 Å². The van der Waals surface area contributed by atoms with Gasteiger partial charge in [0.1, 0.15) is 0 Å². The Labute approximate surface area is 89.8 Å². The molecule has 1 rings (SSSR count). The molecule has 5 nitrogen and oxygen atoms in total. The van der Waals surface area contributed by atoms with E-state index < -0.39 is 0 Å². The van der Waals surface area contributed by atoms with Crippen molar-refractivity contribution >= 4 is 11.8 Å². The molecule has 0 aromatic carbocycles. The van der Waals surface area contributed by atoms with Crippen LogP contribution in [0.5, 0.6) is 0 Å². The van der Waals surface area contributed by atoms with Crippen molar-refractivity contribution in [2.24, 2.45) is 0 Å². The number of amides is 2. The highest BCUT2D eigenvalue weighted by Gasteiger charge is 2.25. The molecule has 15 heavy (non-hydrogen) atoms. The average molecular weight is 214 g/mol. The van der Waals surface area contributed by atoms with E-state index in [-0.39, 0.29) is 30.5 Å². The Balaban J connectivity index is 2.43. The summed E-state index contributed by atoms with van der Waals surface area (Å²) >= 11 is 0. The molecule has 1 heterocycles. The molecule has 1 N–H and O–H groups in total. The Bertz CT molecular complexity index is 263. The van der Waals surface area contributed by atoms with Crippen LogP contribution in [0.1, 0.15) is 20.3 Å². The molecule has 0 radical (unpaired) electrons. The molecule has 0 aliphatic carbocycles. The van der Waals surface area contributed by atoms with Crippen molar-refractivity contribution in [1.29, 1.82) is 0 Å². The van der Waals surface area contributed by atoms with Crippen LogP contribution < -0.4 is 5.32 Å². The number of nitrogens with zero attached hydrogens (tertiary/aromatic N) is 1. The van der Waals surface area contributed by atoms with Crippen molar-refractivity contribution in [3.8, 4) is 0 Å². The number of nitrogens with one attached hydrogen (secondary N) is 1. The van der Waals surface area contributed by atoms with Gasteiger partial charge in [-0.1, -0.05) is 0 Å². The molecular weight excluding hydrogens is 196 g/mol. The molecule has 0 atom stereocenters. The number of hydrogen-bond donors (Lipinski definition) is 1. The van der Waals surface area contributed by atoms with Crippen LogP contribution in [0.2, 0.25) is 0 Å². The third-order valence-corrected chi connectivity index (χ3v) is 2.66. The third-order valence-electron chi connectivity index (χ3n) is 2.66. The fourth-order valence-electron chi connectivity index (χ4n) is 1.31. The number of hydrogen-bond acceptors (Lipinski definition) is 3. The molecule has 1 fully saturated rings. The van der Waals surface area contributed by atoms with Crippen LogP contribution in [0, 0.1) is 0 Å². The van der Waals surface area contributed by atoms with E-state index in [2.05, 4.69) is 5.32 Å². The van der Waals surface area contributed by atoms with Crippen molar-refractivity contribution < 1.29 is 14.3 Å². The van der Waals surface area contributed by atoms with Gasteiger partial charge in [0, 0.05) is 13.7 Å². The molecule has 0 aromatic rings. The van der Waals surface area contributed by atoms with E-state index in [9.17, 15) is 9.59 Å². The molecule has 1 aliphatic rings. The molecule has 0 spiro atoms. The van der Waals surface area contributed by atoms with Gasteiger partial charge in [0.05, 0.1) is 18.7 Å². The number of ether oxygens (including phenoxy) is 1. The summed E-state index contributed by atoms with van der Waals surface area (Å²) in [5.74, 6) is -0.119. The van der Waals surface area contributed by atoms with E-state index in [0.29, 0.717) is 6.54 Å². The van der Waals surface area contributed by atoms with Gasteiger partial charge in [0.2, 0.25) is 11.8 Å². The van der Waals surface area contributed by atoms with Crippen molar-refractivity contribution in [2.75, 3.05) is 26.7 Å². The van der Waals surface area contributed by atoms with Gasteiger partial charge in [0.25, 0.3) is 0 Å². The SMILES string of the molecule is COC(C)(C)CCN1CC(=O)NCC1=O. The van der Waals surface area contributed by atoms with Gasteiger partial charge in [-0.25, -0.2) is 0 Å². The summed E-state index contributed by atoms with van der Waals surface area (Å²) < 4.78 is 5.25. The standard InChI is InChI=1S/C10H18N2O3/c1-10(2,15-3)4-5-12-7-8(13)11-6-9(12)14/h4-7H2,1-3H3,(H,11,13). The van der Waals surface area contributed by atoms with E-state index in [1.165, 1.54) is 0 Å². The minimum Gasteiger partial charge on any atom is -0.379 e. The molecular formula is C10H18N2O3.